The first-order valence-electron chi connectivity index (χ1n) is 18.3. The number of rotatable bonds is 6. The second-order valence-electron chi connectivity index (χ2n) is 13.7. The Labute approximate surface area is 309 Å². The molecule has 0 saturated heterocycles. The highest BCUT2D eigenvalue weighted by Gasteiger charge is 2.20. The third-order valence-corrected chi connectivity index (χ3v) is 10.6. The summed E-state index contributed by atoms with van der Waals surface area (Å²) in [6.45, 7) is 0. The van der Waals surface area contributed by atoms with E-state index >= 15 is 0 Å². The summed E-state index contributed by atoms with van der Waals surface area (Å²) in [7, 11) is 0. The summed E-state index contributed by atoms with van der Waals surface area (Å²) >= 11 is 0. The van der Waals surface area contributed by atoms with Crippen molar-refractivity contribution in [2.24, 2.45) is 0 Å². The van der Waals surface area contributed by atoms with Gasteiger partial charge in [0.15, 0.2) is 0 Å². The lowest BCUT2D eigenvalue weighted by atomic mass is 9.92. The van der Waals surface area contributed by atoms with Gasteiger partial charge in [-0.05, 0) is 107 Å². The lowest BCUT2D eigenvalue weighted by molar-refractivity contribution is 1.30. The van der Waals surface area contributed by atoms with Gasteiger partial charge in [-0.2, -0.15) is 0 Å². The van der Waals surface area contributed by atoms with E-state index in [1.165, 1.54) is 76.5 Å². The minimum Gasteiger partial charge on any atom is -0.310 e. The molecular formula is C52H35N. The third kappa shape index (κ3) is 5.42. The number of hydrogen-bond donors (Lipinski definition) is 0. The largest absolute Gasteiger partial charge is 0.310 e. The molecule has 0 heterocycles. The minimum atomic E-state index is 1.10. The highest BCUT2D eigenvalue weighted by molar-refractivity contribution is 6.15. The molecule has 0 aliphatic carbocycles. The van der Waals surface area contributed by atoms with Gasteiger partial charge in [-0.15, -0.1) is 0 Å². The molecule has 0 atom stereocenters. The fourth-order valence-electron chi connectivity index (χ4n) is 8.13. The number of anilines is 3. The maximum absolute atomic E-state index is 2.44. The van der Waals surface area contributed by atoms with Crippen LogP contribution in [0.3, 0.4) is 0 Å². The maximum Gasteiger partial charge on any atom is 0.0546 e. The summed E-state index contributed by atoms with van der Waals surface area (Å²) < 4.78 is 0. The number of fused-ring (bicyclic) bond motifs is 6. The molecule has 0 bridgehead atoms. The van der Waals surface area contributed by atoms with Crippen LogP contribution in [0.25, 0.3) is 76.5 Å². The first-order chi connectivity index (χ1) is 26.3. The van der Waals surface area contributed by atoms with Crippen molar-refractivity contribution in [2.75, 3.05) is 4.90 Å². The predicted octanol–water partition coefficient (Wildman–Crippen LogP) is 14.8. The van der Waals surface area contributed by atoms with Crippen LogP contribution in [0, 0.1) is 0 Å². The zero-order valence-corrected chi connectivity index (χ0v) is 29.2. The molecule has 0 amide bonds. The standard InChI is InChI=1S/C52H35N/c1-3-15-36(16-4-1)45-32-31-42(35-51(45)37-17-5-2-6-18-37)53(52-34-40-20-8-10-22-44(40)47-24-13-14-26-49(47)52)41-29-27-38(28-30-41)50-33-39-19-7-9-21-43(39)46-23-11-12-25-48(46)50/h1-35H. The van der Waals surface area contributed by atoms with E-state index in [1.807, 2.05) is 0 Å². The van der Waals surface area contributed by atoms with Crippen molar-refractivity contribution < 1.29 is 0 Å². The summed E-state index contributed by atoms with van der Waals surface area (Å²) in [5, 5.41) is 10.0. The normalized spacial score (nSPS) is 11.4. The van der Waals surface area contributed by atoms with Gasteiger partial charge < -0.3 is 4.90 Å². The molecular weight excluding hydrogens is 639 g/mol. The summed E-state index contributed by atoms with van der Waals surface area (Å²) in [5.74, 6) is 0. The Kier molecular flexibility index (Phi) is 7.55. The molecule has 0 aromatic heterocycles. The van der Waals surface area contributed by atoms with Gasteiger partial charge >= 0.3 is 0 Å². The van der Waals surface area contributed by atoms with Crippen molar-refractivity contribution in [3.8, 4) is 33.4 Å². The van der Waals surface area contributed by atoms with Crippen LogP contribution in [0.15, 0.2) is 212 Å². The van der Waals surface area contributed by atoms with Gasteiger partial charge in [0.2, 0.25) is 0 Å². The fraction of sp³-hybridized carbons (Fsp3) is 0. The van der Waals surface area contributed by atoms with Crippen LogP contribution >= 0.6 is 0 Å². The maximum atomic E-state index is 2.44. The smallest absolute Gasteiger partial charge is 0.0546 e. The summed E-state index contributed by atoms with van der Waals surface area (Å²) in [4.78, 5) is 2.44. The van der Waals surface area contributed by atoms with Crippen molar-refractivity contribution in [3.63, 3.8) is 0 Å². The second kappa shape index (κ2) is 13.0. The van der Waals surface area contributed by atoms with Gasteiger partial charge in [0.25, 0.3) is 0 Å². The van der Waals surface area contributed by atoms with Crippen molar-refractivity contribution in [1.29, 1.82) is 0 Å². The molecule has 0 fully saturated rings. The molecule has 10 aromatic carbocycles. The van der Waals surface area contributed by atoms with E-state index in [0.717, 1.165) is 17.1 Å². The van der Waals surface area contributed by atoms with Gasteiger partial charge in [-0.25, -0.2) is 0 Å². The number of benzene rings is 10. The molecule has 248 valence electrons. The first kappa shape index (κ1) is 30.8. The molecule has 0 unspecified atom stereocenters. The van der Waals surface area contributed by atoms with Gasteiger partial charge in [-0.1, -0.05) is 176 Å². The van der Waals surface area contributed by atoms with E-state index in [4.69, 9.17) is 0 Å². The lowest BCUT2D eigenvalue weighted by Crippen LogP contribution is -2.11. The van der Waals surface area contributed by atoms with Gasteiger partial charge in [0.05, 0.1) is 5.69 Å². The Morgan fingerprint density at radius 2 is 0.698 bits per heavy atom. The molecule has 10 rings (SSSR count). The molecule has 0 spiro atoms. The Morgan fingerprint density at radius 1 is 0.245 bits per heavy atom. The van der Waals surface area contributed by atoms with Crippen LogP contribution in [0.4, 0.5) is 17.1 Å². The number of hydrogen-bond acceptors (Lipinski definition) is 1. The van der Waals surface area contributed by atoms with Crippen LogP contribution in [0.1, 0.15) is 0 Å². The predicted molar refractivity (Wildman–Crippen MR) is 227 cm³/mol. The van der Waals surface area contributed by atoms with E-state index in [-0.39, 0.29) is 0 Å². The zero-order chi connectivity index (χ0) is 35.1. The molecule has 0 saturated carbocycles. The van der Waals surface area contributed by atoms with E-state index in [1.54, 1.807) is 0 Å². The summed E-state index contributed by atoms with van der Waals surface area (Å²) in [5.41, 5.74) is 10.6. The molecule has 0 aliphatic rings. The SMILES string of the molecule is c1ccc(-c2ccc(N(c3ccc(-c4cc5ccccc5c5ccccc45)cc3)c3cc4ccccc4c4ccccc34)cc2-c2ccccc2)cc1. The molecule has 0 radical (unpaired) electrons. The van der Waals surface area contributed by atoms with Gasteiger partial charge in [-0.3, -0.25) is 0 Å². The monoisotopic (exact) mass is 673 g/mol. The third-order valence-electron chi connectivity index (χ3n) is 10.6. The fourth-order valence-corrected chi connectivity index (χ4v) is 8.13. The van der Waals surface area contributed by atoms with Crippen molar-refractivity contribution >= 4 is 60.2 Å². The molecule has 1 heteroatoms. The lowest BCUT2D eigenvalue weighted by Gasteiger charge is -2.29. The van der Waals surface area contributed by atoms with E-state index < -0.39 is 0 Å². The average Bonchev–Trinajstić information content (AvgIpc) is 3.24. The molecule has 0 N–H and O–H groups in total. The van der Waals surface area contributed by atoms with Crippen LogP contribution in [-0.2, 0) is 0 Å². The average molecular weight is 674 g/mol. The highest BCUT2D eigenvalue weighted by Crippen LogP contribution is 2.45. The van der Waals surface area contributed by atoms with Crippen molar-refractivity contribution in [2.45, 2.75) is 0 Å². The molecule has 10 aromatic rings. The summed E-state index contributed by atoms with van der Waals surface area (Å²) in [6, 6.07) is 77.3. The Hall–Kier alpha value is -6.96. The summed E-state index contributed by atoms with van der Waals surface area (Å²) in [6.07, 6.45) is 0. The van der Waals surface area contributed by atoms with Crippen LogP contribution in [0.2, 0.25) is 0 Å². The van der Waals surface area contributed by atoms with Crippen LogP contribution < -0.4 is 4.90 Å². The van der Waals surface area contributed by atoms with E-state index in [2.05, 4.69) is 217 Å². The van der Waals surface area contributed by atoms with Crippen molar-refractivity contribution in [1.82, 2.24) is 0 Å². The van der Waals surface area contributed by atoms with E-state index in [9.17, 15) is 0 Å². The minimum absolute atomic E-state index is 1.10. The molecule has 53 heavy (non-hydrogen) atoms. The molecule has 0 aliphatic heterocycles. The van der Waals surface area contributed by atoms with Crippen LogP contribution in [0.5, 0.6) is 0 Å². The van der Waals surface area contributed by atoms with Crippen molar-refractivity contribution in [3.05, 3.63) is 212 Å². The second-order valence-corrected chi connectivity index (χ2v) is 13.7. The number of nitrogens with zero attached hydrogens (tertiary/aromatic N) is 1. The van der Waals surface area contributed by atoms with E-state index in [0.29, 0.717) is 0 Å². The Morgan fingerprint density at radius 3 is 1.34 bits per heavy atom. The van der Waals surface area contributed by atoms with Gasteiger partial charge in [0.1, 0.15) is 0 Å². The van der Waals surface area contributed by atoms with Crippen LogP contribution in [-0.4, -0.2) is 0 Å². The topological polar surface area (TPSA) is 3.24 Å². The Bertz CT molecular complexity index is 2930. The quantitative estimate of drug-likeness (QED) is 0.159. The zero-order valence-electron chi connectivity index (χ0n) is 29.2. The molecule has 1 nitrogen and oxygen atoms in total. The Balaban J connectivity index is 1.21. The first-order valence-corrected chi connectivity index (χ1v) is 18.3. The highest BCUT2D eigenvalue weighted by atomic mass is 15.1. The van der Waals surface area contributed by atoms with Gasteiger partial charge in [0, 0.05) is 16.8 Å².